The van der Waals surface area contributed by atoms with E-state index in [4.69, 9.17) is 25.8 Å². The van der Waals surface area contributed by atoms with Crippen molar-refractivity contribution in [1.29, 1.82) is 0 Å². The fraction of sp³-hybridized carbons (Fsp3) is 0.370. The van der Waals surface area contributed by atoms with E-state index in [1.807, 2.05) is 42.5 Å². The van der Waals surface area contributed by atoms with Crippen molar-refractivity contribution in [2.24, 2.45) is 0 Å². The summed E-state index contributed by atoms with van der Waals surface area (Å²) in [4.78, 5) is 40.8. The number of quaternary nitrogens is 1. The molecule has 0 aliphatic carbocycles. The minimum Gasteiger partial charge on any atom is -0.506 e. The fourth-order valence-electron chi connectivity index (χ4n) is 9.16. The van der Waals surface area contributed by atoms with Crippen molar-refractivity contribution in [2.75, 3.05) is 38.4 Å². The molecule has 3 aliphatic heterocycles. The lowest BCUT2D eigenvalue weighted by atomic mass is 9.96. The number of aromatic amines is 1. The number of phenols is 1. The van der Waals surface area contributed by atoms with Crippen molar-refractivity contribution in [2.45, 2.75) is 81.6 Å². The molecular formula is C46H51ClN5O8+. The van der Waals surface area contributed by atoms with Crippen LogP contribution in [0.15, 0.2) is 89.7 Å². The molecule has 0 saturated carbocycles. The molecule has 3 saturated heterocycles. The number of ether oxygens (including phenoxy) is 3. The van der Waals surface area contributed by atoms with Crippen molar-refractivity contribution in [3.63, 3.8) is 0 Å². The van der Waals surface area contributed by atoms with Gasteiger partial charge in [-0.2, -0.15) is 0 Å². The van der Waals surface area contributed by atoms with Crippen LogP contribution in [0.4, 0.5) is 16.2 Å². The van der Waals surface area contributed by atoms with Crippen LogP contribution in [0.1, 0.15) is 54.9 Å². The highest BCUT2D eigenvalue weighted by Gasteiger charge is 2.70. The molecule has 1 unspecified atom stereocenters. The average molecular weight is 837 g/mol. The van der Waals surface area contributed by atoms with Gasteiger partial charge in [0.1, 0.15) is 41.9 Å². The van der Waals surface area contributed by atoms with Gasteiger partial charge in [-0.05, 0) is 60.2 Å². The monoisotopic (exact) mass is 836 g/mol. The number of anilines is 2. The van der Waals surface area contributed by atoms with Crippen molar-refractivity contribution >= 4 is 45.9 Å². The number of hydrogen-bond donors (Lipinski definition) is 6. The third kappa shape index (κ3) is 8.72. The van der Waals surface area contributed by atoms with E-state index < -0.39 is 12.2 Å². The summed E-state index contributed by atoms with van der Waals surface area (Å²) < 4.78 is 18.5. The minimum atomic E-state index is -0.939. The molecule has 60 heavy (non-hydrogen) atoms. The molecule has 4 heterocycles. The van der Waals surface area contributed by atoms with E-state index in [9.17, 15) is 24.6 Å². The summed E-state index contributed by atoms with van der Waals surface area (Å²) in [6.07, 6.45) is 2.97. The van der Waals surface area contributed by atoms with E-state index in [-0.39, 0.29) is 54.0 Å². The van der Waals surface area contributed by atoms with E-state index in [2.05, 4.69) is 41.1 Å². The first-order valence-corrected chi connectivity index (χ1v) is 20.8. The minimum absolute atomic E-state index is 0.0799. The van der Waals surface area contributed by atoms with Crippen molar-refractivity contribution < 1.29 is 38.5 Å². The number of pyridine rings is 1. The van der Waals surface area contributed by atoms with Gasteiger partial charge in [-0.1, -0.05) is 60.1 Å². The third-order valence-corrected chi connectivity index (χ3v) is 12.7. The van der Waals surface area contributed by atoms with E-state index in [1.165, 1.54) is 19.2 Å². The standard InChI is InChI=1S/C46H50ClN5O8/c1-52(2)36-21-29(22-37(52)45-44(36)60-45)59-46(57)50-34-19-26(13-14-30(34)27-10-5-4-6-11-27)9-7-8-12-41(55)49-35-23-40(58-3)28(20-33(35)47)24-48-25-39(54)31-15-17-38(53)43-32(31)16-18-42(56)51-43/h4-6,10-11,13-20,23,29,36-37,39,44-45,48,54H,7-9,12,21-22,24-25H2,1-3H3,(H3-,49,50,51,53,55,56,57)/p+1/t29?,36-,37+,39-,44-,45+/m0/s1. The lowest BCUT2D eigenvalue weighted by Crippen LogP contribution is -2.60. The molecule has 2 bridgehead atoms. The Morgan fingerprint density at radius 1 is 0.950 bits per heavy atom. The number of carbonyl (C=O) groups is 2. The number of piperidine rings is 1. The summed E-state index contributed by atoms with van der Waals surface area (Å²) in [7, 11) is 6.04. The first-order valence-electron chi connectivity index (χ1n) is 20.4. The van der Waals surface area contributed by atoms with Gasteiger partial charge in [-0.15, -0.1) is 0 Å². The Hall–Kier alpha value is -5.44. The van der Waals surface area contributed by atoms with Gasteiger partial charge in [0, 0.05) is 61.0 Å². The van der Waals surface area contributed by atoms with Crippen molar-refractivity contribution in [1.82, 2.24) is 10.3 Å². The number of aliphatic hydroxyl groups is 1. The highest BCUT2D eigenvalue weighted by Crippen LogP contribution is 2.51. The molecule has 13 nitrogen and oxygen atoms in total. The predicted molar refractivity (Wildman–Crippen MR) is 230 cm³/mol. The first kappa shape index (κ1) is 41.3. The number of unbranched alkanes of at least 4 members (excludes halogenated alkanes) is 1. The maximum Gasteiger partial charge on any atom is 0.411 e. The van der Waals surface area contributed by atoms with Gasteiger partial charge in [-0.3, -0.25) is 14.9 Å². The number of likely N-dealkylation sites (N-methyl/N-ethyl adjacent to an activating group) is 1. The molecule has 4 aromatic carbocycles. The van der Waals surface area contributed by atoms with E-state index >= 15 is 0 Å². The van der Waals surface area contributed by atoms with Gasteiger partial charge in [0.05, 0.1) is 49.2 Å². The second-order valence-corrected chi connectivity index (χ2v) is 16.9. The third-order valence-electron chi connectivity index (χ3n) is 12.4. The predicted octanol–water partition coefficient (Wildman–Crippen LogP) is 7.04. The Kier molecular flexibility index (Phi) is 11.9. The van der Waals surface area contributed by atoms with Crippen LogP contribution in [-0.2, 0) is 27.2 Å². The zero-order valence-corrected chi connectivity index (χ0v) is 34.6. The number of H-pyrrole nitrogens is 1. The zero-order chi connectivity index (χ0) is 42.1. The van der Waals surface area contributed by atoms with Crippen molar-refractivity contribution in [3.8, 4) is 22.6 Å². The number of aliphatic hydroxyl groups excluding tert-OH is 1. The quantitative estimate of drug-likeness (QED) is 0.0367. The molecule has 1 aromatic heterocycles. The number of aryl methyl sites for hydroxylation is 1. The number of morpholine rings is 1. The smallest absolute Gasteiger partial charge is 0.411 e. The lowest BCUT2D eigenvalue weighted by Gasteiger charge is -2.45. The number of carbonyl (C=O) groups excluding carboxylic acids is 2. The topological polar surface area (TPSA) is 175 Å². The highest BCUT2D eigenvalue weighted by atomic mass is 35.5. The Morgan fingerprint density at radius 3 is 2.47 bits per heavy atom. The van der Waals surface area contributed by atoms with Crippen LogP contribution in [0.3, 0.4) is 0 Å². The number of aromatic nitrogens is 1. The molecular weight excluding hydrogens is 786 g/mol. The second-order valence-electron chi connectivity index (χ2n) is 16.5. The van der Waals surface area contributed by atoms with Crippen LogP contribution in [0.5, 0.6) is 11.5 Å². The number of fused-ring (bicyclic) bond motifs is 6. The number of hydrogen-bond acceptors (Lipinski definition) is 9. The number of nitrogens with one attached hydrogen (secondary N) is 4. The summed E-state index contributed by atoms with van der Waals surface area (Å²) in [5, 5.41) is 31.2. The van der Waals surface area contributed by atoms with Gasteiger partial charge >= 0.3 is 6.09 Å². The van der Waals surface area contributed by atoms with Gasteiger partial charge < -0.3 is 44.5 Å². The molecule has 0 spiro atoms. The largest absolute Gasteiger partial charge is 0.506 e. The molecule has 8 rings (SSSR count). The molecule has 3 aliphatic rings. The molecule has 6 N–H and O–H groups in total. The molecule has 5 aromatic rings. The Balaban J connectivity index is 0.832. The number of aromatic hydroxyl groups is 1. The summed E-state index contributed by atoms with van der Waals surface area (Å²) >= 11 is 6.63. The van der Waals surface area contributed by atoms with Crippen LogP contribution < -0.4 is 26.2 Å². The van der Waals surface area contributed by atoms with Gasteiger partial charge in [0.25, 0.3) is 0 Å². The number of amides is 2. The number of rotatable bonds is 15. The number of benzene rings is 4. The molecule has 3 fully saturated rings. The lowest BCUT2D eigenvalue weighted by molar-refractivity contribution is -0.938. The van der Waals surface area contributed by atoms with Crippen LogP contribution in [0.25, 0.3) is 22.0 Å². The summed E-state index contributed by atoms with van der Waals surface area (Å²) in [6.45, 7) is 0.470. The Morgan fingerprint density at radius 2 is 1.72 bits per heavy atom. The molecule has 0 radical (unpaired) electrons. The number of halogens is 1. The second kappa shape index (κ2) is 17.3. The van der Waals surface area contributed by atoms with Gasteiger partial charge in [-0.25, -0.2) is 4.79 Å². The average Bonchev–Trinajstić information content (AvgIpc) is 4.00. The SMILES string of the molecule is COc1cc(NC(=O)CCCCc2ccc(-c3ccccc3)c(NC(=O)OC3C[C@@H]4[C@H]5O[C@H]5[C@H](C3)[N+]4(C)C)c2)c(Cl)cc1CNC[C@H](O)c1ccc(O)c2[nH]c(=O)ccc12. The van der Waals surface area contributed by atoms with Crippen molar-refractivity contribution in [3.05, 3.63) is 117 Å². The van der Waals surface area contributed by atoms with Crippen LogP contribution in [-0.4, -0.2) is 89.8 Å². The molecule has 2 amide bonds. The number of methoxy groups -OCH3 is 1. The van der Waals surface area contributed by atoms with Crippen LogP contribution in [0, 0.1) is 0 Å². The van der Waals surface area contributed by atoms with Crippen LogP contribution in [0.2, 0.25) is 5.02 Å². The first-order chi connectivity index (χ1) is 28.9. The van der Waals surface area contributed by atoms with Gasteiger partial charge in [0.2, 0.25) is 11.5 Å². The summed E-state index contributed by atoms with van der Waals surface area (Å²) in [6, 6.07) is 26.1. The number of epoxide rings is 1. The normalized spacial score (nSPS) is 21.5. The van der Waals surface area contributed by atoms with E-state index in [1.54, 1.807) is 24.3 Å². The maximum atomic E-state index is 13.3. The highest BCUT2D eigenvalue weighted by molar-refractivity contribution is 6.33. The summed E-state index contributed by atoms with van der Waals surface area (Å²) in [5.74, 6) is 0.252. The van der Waals surface area contributed by atoms with Gasteiger partial charge in [0.15, 0.2) is 0 Å². The molecule has 6 atom stereocenters. The van der Waals surface area contributed by atoms with E-state index in [0.717, 1.165) is 46.0 Å². The maximum absolute atomic E-state index is 13.3. The number of phenolic OH excluding ortho intramolecular Hbond substituents is 1. The Labute approximate surface area is 353 Å². The molecule has 14 heteroatoms. The zero-order valence-electron chi connectivity index (χ0n) is 33.9. The number of nitrogens with zero attached hydrogens (tertiary/aromatic N) is 1. The Bertz CT molecular complexity index is 2440. The molecule has 314 valence electrons. The summed E-state index contributed by atoms with van der Waals surface area (Å²) in [5.41, 5.74) is 5.23. The fourth-order valence-corrected chi connectivity index (χ4v) is 9.39. The van der Waals surface area contributed by atoms with E-state index in [0.29, 0.717) is 64.6 Å². The van der Waals surface area contributed by atoms with Crippen LogP contribution >= 0.6 is 11.6 Å².